The van der Waals surface area contributed by atoms with Gasteiger partial charge in [-0.25, -0.2) is 9.97 Å². The minimum absolute atomic E-state index is 0.118. The zero-order valence-corrected chi connectivity index (χ0v) is 19.7. The second-order valence-electron chi connectivity index (χ2n) is 8.59. The van der Waals surface area contributed by atoms with Crippen molar-refractivity contribution in [2.24, 2.45) is 0 Å². The van der Waals surface area contributed by atoms with E-state index in [1.54, 1.807) is 23.6 Å². The summed E-state index contributed by atoms with van der Waals surface area (Å²) in [6.07, 6.45) is 11.4. The molecule has 1 N–H and O–H groups in total. The Balaban J connectivity index is 1.36. The van der Waals surface area contributed by atoms with E-state index in [9.17, 15) is 4.79 Å². The molecule has 0 atom stereocenters. The van der Waals surface area contributed by atoms with Crippen molar-refractivity contribution in [1.82, 2.24) is 33.9 Å². The average molecular weight is 504 g/mol. The van der Waals surface area contributed by atoms with Crippen LogP contribution in [0.4, 0.5) is 0 Å². The molecule has 166 valence electrons. The molecule has 1 aliphatic carbocycles. The van der Waals surface area contributed by atoms with Gasteiger partial charge in [0.05, 0.1) is 48.1 Å². The highest BCUT2D eigenvalue weighted by atomic mass is 79.9. The van der Waals surface area contributed by atoms with Crippen LogP contribution in [-0.2, 0) is 13.1 Å². The molecule has 33 heavy (non-hydrogen) atoms. The summed E-state index contributed by atoms with van der Waals surface area (Å²) in [7, 11) is 0. The van der Waals surface area contributed by atoms with Crippen LogP contribution < -0.4 is 0 Å². The van der Waals surface area contributed by atoms with Crippen LogP contribution in [0.5, 0.6) is 0 Å². The average Bonchev–Trinajstić information content (AvgIpc) is 3.20. The normalized spacial score (nSPS) is 13.8. The Morgan fingerprint density at radius 3 is 2.94 bits per heavy atom. The van der Waals surface area contributed by atoms with Gasteiger partial charge in [0.2, 0.25) is 0 Å². The topological polar surface area (TPSA) is 83.6 Å². The third-order valence-electron chi connectivity index (χ3n) is 6.30. The van der Waals surface area contributed by atoms with Gasteiger partial charge in [-0.05, 0) is 49.4 Å². The minimum Gasteiger partial charge on any atom is -0.327 e. The predicted molar refractivity (Wildman–Crippen MR) is 127 cm³/mol. The van der Waals surface area contributed by atoms with Crippen molar-refractivity contribution in [2.75, 3.05) is 0 Å². The standard InChI is InChI=1S/C24H22BrN7O/c1-15-20(16-2-3-16)4-5-23-29-19(12-32(15)23)11-31(24(33)17-9-27-28-10-17)13-21-22-8-18(25)6-7-30(22)14-26-21/h4-10,12,14,16H,2-3,11,13H2,1H3,(H,27,28). The van der Waals surface area contributed by atoms with Gasteiger partial charge in [0.15, 0.2) is 0 Å². The molecule has 8 nitrogen and oxygen atoms in total. The molecule has 5 aromatic rings. The molecule has 0 spiro atoms. The number of nitrogens with zero attached hydrogens (tertiary/aromatic N) is 6. The molecular weight excluding hydrogens is 482 g/mol. The van der Waals surface area contributed by atoms with Gasteiger partial charge in [0.1, 0.15) is 5.65 Å². The molecule has 1 amide bonds. The lowest BCUT2D eigenvalue weighted by Gasteiger charge is -2.20. The van der Waals surface area contributed by atoms with E-state index in [4.69, 9.17) is 4.98 Å². The SMILES string of the molecule is Cc1c(C2CC2)ccc2nc(CN(Cc3ncn4ccc(Br)cc34)C(=O)c3cn[nH]c3)cn12. The number of aryl methyl sites for hydroxylation is 1. The number of pyridine rings is 2. The fourth-order valence-corrected chi connectivity index (χ4v) is 4.76. The maximum Gasteiger partial charge on any atom is 0.257 e. The predicted octanol–water partition coefficient (Wildman–Crippen LogP) is 4.50. The molecule has 1 saturated carbocycles. The van der Waals surface area contributed by atoms with Crippen LogP contribution in [0, 0.1) is 6.92 Å². The van der Waals surface area contributed by atoms with E-state index in [-0.39, 0.29) is 5.91 Å². The second-order valence-corrected chi connectivity index (χ2v) is 9.50. The molecule has 0 aromatic carbocycles. The highest BCUT2D eigenvalue weighted by Crippen LogP contribution is 2.41. The second kappa shape index (κ2) is 7.84. The van der Waals surface area contributed by atoms with E-state index in [1.807, 2.05) is 28.9 Å². The Morgan fingerprint density at radius 1 is 1.27 bits per heavy atom. The summed E-state index contributed by atoms with van der Waals surface area (Å²) >= 11 is 3.53. The molecule has 1 fully saturated rings. The summed E-state index contributed by atoms with van der Waals surface area (Å²) < 4.78 is 5.06. The summed E-state index contributed by atoms with van der Waals surface area (Å²) in [5, 5.41) is 6.69. The highest BCUT2D eigenvalue weighted by Gasteiger charge is 2.26. The van der Waals surface area contributed by atoms with Crippen molar-refractivity contribution in [2.45, 2.75) is 38.8 Å². The zero-order valence-electron chi connectivity index (χ0n) is 18.1. The largest absolute Gasteiger partial charge is 0.327 e. The van der Waals surface area contributed by atoms with Crippen LogP contribution in [0.1, 0.15) is 51.8 Å². The Hall–Kier alpha value is -3.46. The fourth-order valence-electron chi connectivity index (χ4n) is 4.42. The number of amides is 1. The molecule has 0 radical (unpaired) electrons. The number of imidazole rings is 2. The van der Waals surface area contributed by atoms with Gasteiger partial charge in [-0.2, -0.15) is 5.10 Å². The van der Waals surface area contributed by atoms with Crippen LogP contribution >= 0.6 is 15.9 Å². The highest BCUT2D eigenvalue weighted by molar-refractivity contribution is 9.10. The number of halogens is 1. The van der Waals surface area contributed by atoms with Crippen molar-refractivity contribution in [1.29, 1.82) is 0 Å². The van der Waals surface area contributed by atoms with Crippen LogP contribution in [-0.4, -0.2) is 39.8 Å². The molecule has 0 aliphatic heterocycles. The van der Waals surface area contributed by atoms with E-state index < -0.39 is 0 Å². The van der Waals surface area contributed by atoms with Crippen molar-refractivity contribution in [3.05, 3.63) is 88.1 Å². The lowest BCUT2D eigenvalue weighted by Crippen LogP contribution is -2.30. The third-order valence-corrected chi connectivity index (χ3v) is 6.79. The van der Waals surface area contributed by atoms with E-state index in [0.29, 0.717) is 24.6 Å². The van der Waals surface area contributed by atoms with Gasteiger partial charge in [-0.1, -0.05) is 22.0 Å². The summed E-state index contributed by atoms with van der Waals surface area (Å²) in [5.41, 5.74) is 6.65. The van der Waals surface area contributed by atoms with E-state index in [2.05, 4.69) is 54.6 Å². The molecule has 5 aromatic heterocycles. The number of H-pyrrole nitrogens is 1. The van der Waals surface area contributed by atoms with Crippen LogP contribution in [0.3, 0.4) is 0 Å². The lowest BCUT2D eigenvalue weighted by atomic mass is 10.1. The number of rotatable bonds is 6. The summed E-state index contributed by atoms with van der Waals surface area (Å²) in [6.45, 7) is 2.88. The van der Waals surface area contributed by atoms with E-state index in [1.165, 1.54) is 24.1 Å². The first kappa shape index (κ1) is 20.2. The molecular formula is C24H22BrN7O. The number of aromatic amines is 1. The Labute approximate surface area is 198 Å². The monoisotopic (exact) mass is 503 g/mol. The molecule has 6 rings (SSSR count). The first-order chi connectivity index (χ1) is 16.1. The number of aromatic nitrogens is 6. The quantitative estimate of drug-likeness (QED) is 0.369. The molecule has 9 heteroatoms. The maximum absolute atomic E-state index is 13.4. The van der Waals surface area contributed by atoms with E-state index >= 15 is 0 Å². The first-order valence-electron chi connectivity index (χ1n) is 10.9. The first-order valence-corrected chi connectivity index (χ1v) is 11.7. The number of hydrogen-bond acceptors (Lipinski definition) is 4. The van der Waals surface area contributed by atoms with Crippen molar-refractivity contribution in [3.63, 3.8) is 0 Å². The summed E-state index contributed by atoms with van der Waals surface area (Å²) in [6, 6.07) is 8.24. The Kier molecular flexibility index (Phi) is 4.79. The number of carbonyl (C=O) groups excluding carboxylic acids is 1. The smallest absolute Gasteiger partial charge is 0.257 e. The van der Waals surface area contributed by atoms with E-state index in [0.717, 1.165) is 27.0 Å². The van der Waals surface area contributed by atoms with Gasteiger partial charge < -0.3 is 13.7 Å². The van der Waals surface area contributed by atoms with Gasteiger partial charge in [0, 0.05) is 28.8 Å². The van der Waals surface area contributed by atoms with Gasteiger partial charge in [-0.3, -0.25) is 9.89 Å². The fraction of sp³-hybridized carbons (Fsp3) is 0.250. The summed E-state index contributed by atoms with van der Waals surface area (Å²) in [4.78, 5) is 24.5. The minimum atomic E-state index is -0.118. The van der Waals surface area contributed by atoms with Gasteiger partial charge in [0.25, 0.3) is 5.91 Å². The third kappa shape index (κ3) is 3.72. The molecule has 0 bridgehead atoms. The van der Waals surface area contributed by atoms with Crippen molar-refractivity contribution < 1.29 is 4.79 Å². The molecule has 1 aliphatic rings. The molecule has 0 saturated heterocycles. The molecule has 5 heterocycles. The number of fused-ring (bicyclic) bond motifs is 2. The number of nitrogens with one attached hydrogen (secondary N) is 1. The van der Waals surface area contributed by atoms with Crippen molar-refractivity contribution >= 4 is 33.0 Å². The summed E-state index contributed by atoms with van der Waals surface area (Å²) in [5.74, 6) is 0.556. The molecule has 0 unspecified atom stereocenters. The zero-order chi connectivity index (χ0) is 22.5. The Morgan fingerprint density at radius 2 is 2.15 bits per heavy atom. The Bertz CT molecular complexity index is 1480. The number of carbonyl (C=O) groups is 1. The lowest BCUT2D eigenvalue weighted by molar-refractivity contribution is 0.0727. The number of hydrogen-bond donors (Lipinski definition) is 1. The maximum atomic E-state index is 13.4. The van der Waals surface area contributed by atoms with Gasteiger partial charge in [-0.15, -0.1) is 0 Å². The van der Waals surface area contributed by atoms with Crippen LogP contribution in [0.2, 0.25) is 0 Å². The van der Waals surface area contributed by atoms with Crippen LogP contribution in [0.15, 0.2) is 59.9 Å². The van der Waals surface area contributed by atoms with Crippen molar-refractivity contribution in [3.8, 4) is 0 Å². The van der Waals surface area contributed by atoms with Gasteiger partial charge >= 0.3 is 0 Å². The van der Waals surface area contributed by atoms with Crippen LogP contribution in [0.25, 0.3) is 11.2 Å².